The molecule has 1 aliphatic rings. The zero-order valence-electron chi connectivity index (χ0n) is 8.05. The summed E-state index contributed by atoms with van der Waals surface area (Å²) in [7, 11) is 1.86. The minimum absolute atomic E-state index is 0.0447. The van der Waals surface area contributed by atoms with Gasteiger partial charge in [-0.2, -0.15) is 0 Å². The summed E-state index contributed by atoms with van der Waals surface area (Å²) in [4.78, 5) is 13.6. The van der Waals surface area contributed by atoms with Crippen molar-refractivity contribution in [1.82, 2.24) is 15.5 Å². The van der Waals surface area contributed by atoms with Gasteiger partial charge < -0.3 is 10.6 Å². The molecule has 0 radical (unpaired) electrons. The summed E-state index contributed by atoms with van der Waals surface area (Å²) in [6, 6.07) is -0.0447. The van der Waals surface area contributed by atoms with E-state index in [9.17, 15) is 4.79 Å². The molecule has 0 aromatic carbocycles. The molecule has 1 aliphatic heterocycles. The molecule has 4 nitrogen and oxygen atoms in total. The second-order valence-corrected chi connectivity index (χ2v) is 3.15. The molecular formula is C9H17N3O. The molecule has 1 unspecified atom stereocenters. The molecule has 13 heavy (non-hydrogen) atoms. The van der Waals surface area contributed by atoms with E-state index < -0.39 is 0 Å². The fraction of sp³-hybridized carbons (Fsp3) is 0.667. The molecule has 74 valence electrons. The fourth-order valence-electron chi connectivity index (χ4n) is 1.56. The van der Waals surface area contributed by atoms with E-state index in [1.807, 2.05) is 13.1 Å². The highest BCUT2D eigenvalue weighted by Crippen LogP contribution is 2.03. The lowest BCUT2D eigenvalue weighted by Gasteiger charge is -2.33. The predicted molar refractivity (Wildman–Crippen MR) is 52.5 cm³/mol. The summed E-state index contributed by atoms with van der Waals surface area (Å²) in [5.74, 6) is 0.113. The van der Waals surface area contributed by atoms with Crippen LogP contribution in [0.5, 0.6) is 0 Å². The van der Waals surface area contributed by atoms with Gasteiger partial charge in [-0.25, -0.2) is 0 Å². The van der Waals surface area contributed by atoms with Gasteiger partial charge in [0.05, 0.1) is 0 Å². The normalized spacial score (nSPS) is 24.1. The molecule has 0 aromatic rings. The second-order valence-electron chi connectivity index (χ2n) is 3.15. The van der Waals surface area contributed by atoms with Crippen LogP contribution < -0.4 is 10.6 Å². The molecule has 1 atom stereocenters. The summed E-state index contributed by atoms with van der Waals surface area (Å²) >= 11 is 0. The Morgan fingerprint density at radius 3 is 3.23 bits per heavy atom. The maximum atomic E-state index is 11.4. The van der Waals surface area contributed by atoms with E-state index in [1.165, 1.54) is 0 Å². The number of amides is 1. The number of carbonyl (C=O) groups is 1. The SMILES string of the molecule is C=CCN1CCNC(=O)C1CNC. The molecule has 0 aliphatic carbocycles. The molecule has 1 heterocycles. The highest BCUT2D eigenvalue weighted by atomic mass is 16.2. The quantitative estimate of drug-likeness (QED) is 0.560. The Morgan fingerprint density at radius 2 is 2.62 bits per heavy atom. The van der Waals surface area contributed by atoms with Gasteiger partial charge in [-0.15, -0.1) is 6.58 Å². The first kappa shape index (κ1) is 10.2. The Hall–Kier alpha value is -0.870. The van der Waals surface area contributed by atoms with E-state index in [0.29, 0.717) is 6.54 Å². The summed E-state index contributed by atoms with van der Waals surface area (Å²) < 4.78 is 0. The molecular weight excluding hydrogens is 166 g/mol. The lowest BCUT2D eigenvalue weighted by molar-refractivity contribution is -0.128. The number of likely N-dealkylation sites (N-methyl/N-ethyl adjacent to an activating group) is 1. The molecule has 0 aromatic heterocycles. The van der Waals surface area contributed by atoms with Crippen molar-refractivity contribution >= 4 is 5.91 Å². The van der Waals surface area contributed by atoms with E-state index in [4.69, 9.17) is 0 Å². The maximum Gasteiger partial charge on any atom is 0.238 e. The minimum atomic E-state index is -0.0447. The molecule has 1 fully saturated rings. The Bertz CT molecular complexity index is 193. The van der Waals surface area contributed by atoms with Crippen LogP contribution in [0.25, 0.3) is 0 Å². The van der Waals surface area contributed by atoms with Gasteiger partial charge in [-0.1, -0.05) is 6.08 Å². The third kappa shape index (κ3) is 2.54. The summed E-state index contributed by atoms with van der Waals surface area (Å²) in [5, 5.41) is 5.87. The maximum absolute atomic E-state index is 11.4. The largest absolute Gasteiger partial charge is 0.353 e. The first-order chi connectivity index (χ1) is 6.29. The van der Waals surface area contributed by atoms with Crippen molar-refractivity contribution in [3.8, 4) is 0 Å². The fourth-order valence-corrected chi connectivity index (χ4v) is 1.56. The number of hydrogen-bond donors (Lipinski definition) is 2. The van der Waals surface area contributed by atoms with Gasteiger partial charge in [0.25, 0.3) is 0 Å². The van der Waals surface area contributed by atoms with E-state index >= 15 is 0 Å². The minimum Gasteiger partial charge on any atom is -0.353 e. The van der Waals surface area contributed by atoms with Crippen molar-refractivity contribution < 1.29 is 4.79 Å². The summed E-state index contributed by atoms with van der Waals surface area (Å²) in [6.07, 6.45) is 1.83. The Balaban J connectivity index is 2.56. The van der Waals surface area contributed by atoms with E-state index in [-0.39, 0.29) is 11.9 Å². The molecule has 2 N–H and O–H groups in total. The molecule has 4 heteroatoms. The van der Waals surface area contributed by atoms with Crippen molar-refractivity contribution in [2.24, 2.45) is 0 Å². The number of hydrogen-bond acceptors (Lipinski definition) is 3. The molecule has 0 spiro atoms. The number of piperazine rings is 1. The van der Waals surface area contributed by atoms with Crippen molar-refractivity contribution in [3.05, 3.63) is 12.7 Å². The third-order valence-electron chi connectivity index (χ3n) is 2.20. The van der Waals surface area contributed by atoms with Crippen LogP contribution in [-0.2, 0) is 4.79 Å². The average molecular weight is 183 g/mol. The zero-order valence-corrected chi connectivity index (χ0v) is 8.05. The first-order valence-electron chi connectivity index (χ1n) is 4.57. The monoisotopic (exact) mass is 183 g/mol. The second kappa shape index (κ2) is 4.99. The van der Waals surface area contributed by atoms with E-state index in [1.54, 1.807) is 0 Å². The van der Waals surface area contributed by atoms with Gasteiger partial charge in [-0.05, 0) is 7.05 Å². The molecule has 1 rings (SSSR count). The summed E-state index contributed by atoms with van der Waals surface area (Å²) in [5.41, 5.74) is 0. The number of carbonyl (C=O) groups excluding carboxylic acids is 1. The first-order valence-corrected chi connectivity index (χ1v) is 4.57. The van der Waals surface area contributed by atoms with Crippen LogP contribution in [0.15, 0.2) is 12.7 Å². The summed E-state index contributed by atoms with van der Waals surface area (Å²) in [6.45, 7) is 6.80. The Morgan fingerprint density at radius 1 is 1.85 bits per heavy atom. The number of nitrogens with zero attached hydrogens (tertiary/aromatic N) is 1. The zero-order chi connectivity index (χ0) is 9.68. The third-order valence-corrected chi connectivity index (χ3v) is 2.20. The standard InChI is InChI=1S/C9H17N3O/c1-3-5-12-6-4-11-9(13)8(12)7-10-2/h3,8,10H,1,4-7H2,2H3,(H,11,13). The van der Waals surface area contributed by atoms with Crippen LogP contribution in [0.4, 0.5) is 0 Å². The lowest BCUT2D eigenvalue weighted by atomic mass is 10.2. The van der Waals surface area contributed by atoms with Crippen LogP contribution >= 0.6 is 0 Å². The van der Waals surface area contributed by atoms with Gasteiger partial charge >= 0.3 is 0 Å². The van der Waals surface area contributed by atoms with Crippen LogP contribution in [-0.4, -0.2) is 50.1 Å². The van der Waals surface area contributed by atoms with Crippen LogP contribution in [0, 0.1) is 0 Å². The Kier molecular flexibility index (Phi) is 3.92. The predicted octanol–water partition coefficient (Wildman–Crippen LogP) is -0.808. The van der Waals surface area contributed by atoms with Gasteiger partial charge in [0, 0.05) is 26.2 Å². The lowest BCUT2D eigenvalue weighted by Crippen LogP contribution is -2.58. The van der Waals surface area contributed by atoms with Crippen molar-refractivity contribution in [2.75, 3.05) is 33.2 Å². The van der Waals surface area contributed by atoms with Crippen molar-refractivity contribution in [2.45, 2.75) is 6.04 Å². The van der Waals surface area contributed by atoms with Gasteiger partial charge in [-0.3, -0.25) is 9.69 Å². The van der Waals surface area contributed by atoms with Gasteiger partial charge in [0.1, 0.15) is 6.04 Å². The highest BCUT2D eigenvalue weighted by molar-refractivity contribution is 5.82. The molecule has 0 saturated carbocycles. The topological polar surface area (TPSA) is 44.4 Å². The van der Waals surface area contributed by atoms with Crippen molar-refractivity contribution in [3.63, 3.8) is 0 Å². The highest BCUT2D eigenvalue weighted by Gasteiger charge is 2.27. The smallest absolute Gasteiger partial charge is 0.238 e. The van der Waals surface area contributed by atoms with Crippen LogP contribution in [0.3, 0.4) is 0 Å². The molecule has 0 bridgehead atoms. The van der Waals surface area contributed by atoms with Crippen molar-refractivity contribution in [1.29, 1.82) is 0 Å². The average Bonchev–Trinajstić information content (AvgIpc) is 2.11. The van der Waals surface area contributed by atoms with Crippen LogP contribution in [0.1, 0.15) is 0 Å². The van der Waals surface area contributed by atoms with E-state index in [0.717, 1.165) is 19.6 Å². The molecule has 1 amide bonds. The van der Waals surface area contributed by atoms with E-state index in [2.05, 4.69) is 22.1 Å². The van der Waals surface area contributed by atoms with Gasteiger partial charge in [0.15, 0.2) is 0 Å². The van der Waals surface area contributed by atoms with Crippen LogP contribution in [0.2, 0.25) is 0 Å². The number of rotatable bonds is 4. The molecule has 1 saturated heterocycles. The Labute approximate surface area is 79.0 Å². The van der Waals surface area contributed by atoms with Gasteiger partial charge in [0.2, 0.25) is 5.91 Å². The number of nitrogens with one attached hydrogen (secondary N) is 2.